The Morgan fingerprint density at radius 1 is 1.16 bits per heavy atom. The van der Waals surface area contributed by atoms with Crippen molar-refractivity contribution in [3.05, 3.63) is 41.5 Å². The number of rotatable bonds is 7. The summed E-state index contributed by atoms with van der Waals surface area (Å²) >= 11 is 0. The lowest BCUT2D eigenvalue weighted by Gasteiger charge is -2.39. The molecule has 0 bridgehead atoms. The minimum Gasteiger partial charge on any atom is -0.411 e. The van der Waals surface area contributed by atoms with E-state index in [4.69, 9.17) is 9.15 Å². The molecule has 3 heterocycles. The predicted molar refractivity (Wildman–Crippen MR) is 123 cm³/mol. The van der Waals surface area contributed by atoms with Gasteiger partial charge in [-0.15, -0.1) is 5.10 Å². The molecule has 176 valence electrons. The maximum atomic E-state index is 14.2. The van der Waals surface area contributed by atoms with E-state index in [0.29, 0.717) is 30.6 Å². The molecule has 2 saturated heterocycles. The number of piperidine rings is 1. The molecule has 6 nitrogen and oxygen atoms in total. The highest BCUT2D eigenvalue weighted by molar-refractivity contribution is 5.34. The van der Waals surface area contributed by atoms with E-state index in [9.17, 15) is 4.39 Å². The van der Waals surface area contributed by atoms with Crippen LogP contribution in [0, 0.1) is 5.82 Å². The zero-order valence-corrected chi connectivity index (χ0v) is 19.5. The zero-order chi connectivity index (χ0) is 22.3. The third-order valence-electron chi connectivity index (χ3n) is 7.25. The summed E-state index contributed by atoms with van der Waals surface area (Å²) in [5.41, 5.74) is 2.64. The second-order valence-electron chi connectivity index (χ2n) is 9.26. The van der Waals surface area contributed by atoms with Crippen LogP contribution in [0.2, 0.25) is 0 Å². The Hall–Kier alpha value is -1.99. The number of anilines is 1. The van der Waals surface area contributed by atoms with Gasteiger partial charge in [-0.05, 0) is 86.7 Å². The molecule has 4 rings (SSSR count). The van der Waals surface area contributed by atoms with Crippen molar-refractivity contribution in [2.45, 2.75) is 76.7 Å². The summed E-state index contributed by atoms with van der Waals surface area (Å²) in [6.45, 7) is 8.65. The van der Waals surface area contributed by atoms with E-state index >= 15 is 0 Å². The van der Waals surface area contributed by atoms with Gasteiger partial charge in [0, 0.05) is 12.6 Å². The Bertz CT molecular complexity index is 813. The van der Waals surface area contributed by atoms with Gasteiger partial charge < -0.3 is 14.1 Å². The van der Waals surface area contributed by atoms with E-state index in [-0.39, 0.29) is 5.82 Å². The second kappa shape index (κ2) is 11.2. The van der Waals surface area contributed by atoms with Crippen molar-refractivity contribution in [1.82, 2.24) is 15.1 Å². The Labute approximate surface area is 191 Å². The molecule has 1 aromatic carbocycles. The molecule has 0 saturated carbocycles. The fourth-order valence-corrected chi connectivity index (χ4v) is 5.48. The summed E-state index contributed by atoms with van der Waals surface area (Å²) in [5, 5.41) is 7.76. The molecule has 0 spiro atoms. The van der Waals surface area contributed by atoms with Crippen LogP contribution in [0.15, 0.2) is 29.0 Å². The van der Waals surface area contributed by atoms with Crippen LogP contribution in [0.1, 0.15) is 81.8 Å². The van der Waals surface area contributed by atoms with Crippen LogP contribution in [0.25, 0.3) is 0 Å². The van der Waals surface area contributed by atoms with Crippen LogP contribution in [0.5, 0.6) is 0 Å². The molecule has 0 N–H and O–H groups in total. The van der Waals surface area contributed by atoms with E-state index in [1.807, 2.05) is 11.0 Å². The molecule has 2 atom stereocenters. The molecule has 2 aliphatic rings. The number of hydrogen-bond acceptors (Lipinski definition) is 6. The first kappa shape index (κ1) is 23.2. The highest BCUT2D eigenvalue weighted by Gasteiger charge is 2.29. The maximum absolute atomic E-state index is 14.2. The first-order valence-corrected chi connectivity index (χ1v) is 12.3. The molecule has 2 aromatic rings. The highest BCUT2D eigenvalue weighted by Crippen LogP contribution is 2.37. The van der Waals surface area contributed by atoms with Crippen LogP contribution in [-0.2, 0) is 4.74 Å². The molecular weight excluding hydrogens is 407 g/mol. The second-order valence-corrected chi connectivity index (χ2v) is 9.26. The van der Waals surface area contributed by atoms with Gasteiger partial charge in [0.25, 0.3) is 0 Å². The maximum Gasteiger partial charge on any atom is 0.319 e. The van der Waals surface area contributed by atoms with E-state index in [1.165, 1.54) is 30.4 Å². The molecule has 7 heteroatoms. The number of nitrogens with zero attached hydrogens (tertiary/aromatic N) is 4. The molecule has 0 radical (unpaired) electrons. The van der Waals surface area contributed by atoms with Gasteiger partial charge in [0.2, 0.25) is 6.39 Å². The van der Waals surface area contributed by atoms with Crippen molar-refractivity contribution in [2.24, 2.45) is 0 Å². The van der Waals surface area contributed by atoms with E-state index in [1.54, 1.807) is 6.07 Å². The van der Waals surface area contributed by atoms with Gasteiger partial charge in [0.05, 0.1) is 6.61 Å². The molecule has 2 aliphatic heterocycles. The number of aromatic nitrogens is 2. The van der Waals surface area contributed by atoms with Crippen LogP contribution in [-0.4, -0.2) is 54.1 Å². The quantitative estimate of drug-likeness (QED) is 0.576. The van der Waals surface area contributed by atoms with Gasteiger partial charge in [-0.25, -0.2) is 4.39 Å². The summed E-state index contributed by atoms with van der Waals surface area (Å²) in [4.78, 5) is 4.59. The van der Waals surface area contributed by atoms with Crippen LogP contribution >= 0.6 is 0 Å². The topological polar surface area (TPSA) is 54.6 Å². The largest absolute Gasteiger partial charge is 0.411 e. The highest BCUT2D eigenvalue weighted by atomic mass is 19.1. The monoisotopic (exact) mass is 444 g/mol. The average Bonchev–Trinajstić information content (AvgIpc) is 3.33. The Balaban J connectivity index is 1.35. The Kier molecular flexibility index (Phi) is 8.14. The first-order valence-electron chi connectivity index (χ1n) is 12.3. The van der Waals surface area contributed by atoms with Crippen LogP contribution in [0.3, 0.4) is 0 Å². The van der Waals surface area contributed by atoms with Gasteiger partial charge in [0.1, 0.15) is 12.5 Å². The van der Waals surface area contributed by atoms with E-state index in [0.717, 1.165) is 58.3 Å². The lowest BCUT2D eigenvalue weighted by Crippen LogP contribution is -2.46. The van der Waals surface area contributed by atoms with Crippen LogP contribution in [0.4, 0.5) is 10.4 Å². The standard InChI is InChI=1S/C25H37FN4O2/c1-3-6-19(4-2)23-9-8-21(26)15-24(23)20-10-13-29(14-11-20)22-7-5-12-30(18-31-16-22)25-28-27-17-32-25/h8-9,15,17,19-20,22H,3-7,10-14,16,18H2,1-2H3/t19?,22-/m0/s1. The lowest BCUT2D eigenvalue weighted by molar-refractivity contribution is 0.0339. The van der Waals surface area contributed by atoms with Crippen molar-refractivity contribution < 1.29 is 13.5 Å². The number of hydrogen-bond donors (Lipinski definition) is 0. The van der Waals surface area contributed by atoms with Gasteiger partial charge in [-0.1, -0.05) is 31.4 Å². The van der Waals surface area contributed by atoms with Crippen LogP contribution < -0.4 is 4.90 Å². The SMILES string of the molecule is CCCC(CC)c1ccc(F)cc1C1CCN([C@H]2CCCN(c3nnco3)COC2)CC1. The predicted octanol–water partition coefficient (Wildman–Crippen LogP) is 5.32. The fraction of sp³-hybridized carbons (Fsp3) is 0.680. The minimum atomic E-state index is -0.100. The zero-order valence-electron chi connectivity index (χ0n) is 19.5. The summed E-state index contributed by atoms with van der Waals surface area (Å²) < 4.78 is 25.5. The summed E-state index contributed by atoms with van der Waals surface area (Å²) in [6, 6.07) is 6.49. The van der Waals surface area contributed by atoms with Gasteiger partial charge >= 0.3 is 6.01 Å². The van der Waals surface area contributed by atoms with Crippen molar-refractivity contribution >= 4 is 6.01 Å². The van der Waals surface area contributed by atoms with E-state index in [2.05, 4.69) is 35.0 Å². The Morgan fingerprint density at radius 2 is 2.00 bits per heavy atom. The first-order chi connectivity index (χ1) is 15.7. The third-order valence-corrected chi connectivity index (χ3v) is 7.25. The normalized spacial score (nSPS) is 22.5. The number of likely N-dealkylation sites (tertiary alicyclic amines) is 1. The molecule has 0 aliphatic carbocycles. The molecule has 32 heavy (non-hydrogen) atoms. The third kappa shape index (κ3) is 5.49. The van der Waals surface area contributed by atoms with Gasteiger partial charge in [0.15, 0.2) is 0 Å². The number of halogens is 1. The van der Waals surface area contributed by atoms with Gasteiger partial charge in [-0.2, -0.15) is 0 Å². The average molecular weight is 445 g/mol. The summed E-state index contributed by atoms with van der Waals surface area (Å²) in [7, 11) is 0. The van der Waals surface area contributed by atoms with Crippen molar-refractivity contribution in [3.63, 3.8) is 0 Å². The lowest BCUT2D eigenvalue weighted by atomic mass is 9.80. The Morgan fingerprint density at radius 3 is 2.72 bits per heavy atom. The molecule has 1 aromatic heterocycles. The summed E-state index contributed by atoms with van der Waals surface area (Å²) in [5.74, 6) is 0.886. The molecule has 0 amide bonds. The van der Waals surface area contributed by atoms with E-state index < -0.39 is 0 Å². The number of ether oxygens (including phenoxy) is 1. The fourth-order valence-electron chi connectivity index (χ4n) is 5.48. The summed E-state index contributed by atoms with van der Waals surface area (Å²) in [6.07, 6.45) is 9.15. The minimum absolute atomic E-state index is 0.100. The van der Waals surface area contributed by atoms with Crippen molar-refractivity contribution in [1.29, 1.82) is 0 Å². The van der Waals surface area contributed by atoms with Gasteiger partial charge in [-0.3, -0.25) is 4.90 Å². The number of benzene rings is 1. The van der Waals surface area contributed by atoms with Crippen molar-refractivity contribution in [2.75, 3.05) is 37.9 Å². The molecule has 2 fully saturated rings. The smallest absolute Gasteiger partial charge is 0.319 e. The molecule has 1 unspecified atom stereocenters. The molecular formula is C25H37FN4O2. The van der Waals surface area contributed by atoms with Crippen molar-refractivity contribution in [3.8, 4) is 0 Å².